The van der Waals surface area contributed by atoms with Gasteiger partial charge in [-0.15, -0.1) is 0 Å². The molecule has 21 heavy (non-hydrogen) atoms. The van der Waals surface area contributed by atoms with Crippen LogP contribution in [0.25, 0.3) is 0 Å². The van der Waals surface area contributed by atoms with Gasteiger partial charge in [0.1, 0.15) is 5.82 Å². The van der Waals surface area contributed by atoms with E-state index in [4.69, 9.17) is 0 Å². The van der Waals surface area contributed by atoms with Crippen molar-refractivity contribution >= 4 is 5.91 Å². The zero-order chi connectivity index (χ0) is 15.1. The fourth-order valence-electron chi connectivity index (χ4n) is 1.97. The lowest BCUT2D eigenvalue weighted by Crippen LogP contribution is -2.34. The summed E-state index contributed by atoms with van der Waals surface area (Å²) in [6.45, 7) is 2.69. The van der Waals surface area contributed by atoms with E-state index in [2.05, 4.69) is 10.6 Å². The highest BCUT2D eigenvalue weighted by Crippen LogP contribution is 2.12. The molecule has 2 N–H and O–H groups in total. The quantitative estimate of drug-likeness (QED) is 0.857. The highest BCUT2D eigenvalue weighted by atomic mass is 19.1. The summed E-state index contributed by atoms with van der Waals surface area (Å²) in [7, 11) is 0. The Labute approximate surface area is 124 Å². The summed E-state index contributed by atoms with van der Waals surface area (Å²) in [6, 6.07) is 16.0. The van der Waals surface area contributed by atoms with E-state index in [0.717, 1.165) is 11.1 Å². The Morgan fingerprint density at radius 3 is 2.43 bits per heavy atom. The second kappa shape index (κ2) is 7.55. The molecule has 1 atom stereocenters. The first-order chi connectivity index (χ1) is 10.1. The molecule has 2 aromatic rings. The standard InChI is InChI=1S/C17H19FN2O/c1-13(15-7-9-16(18)10-8-15)19-12-17(21)20-11-14-5-3-2-4-6-14/h2-10,13,19H,11-12H2,1H3,(H,20,21). The van der Waals surface area contributed by atoms with Gasteiger partial charge in [0, 0.05) is 12.6 Å². The molecular formula is C17H19FN2O. The van der Waals surface area contributed by atoms with E-state index >= 15 is 0 Å². The van der Waals surface area contributed by atoms with Crippen molar-refractivity contribution in [2.24, 2.45) is 0 Å². The summed E-state index contributed by atoms with van der Waals surface area (Å²) in [4.78, 5) is 11.8. The molecule has 4 heteroatoms. The van der Waals surface area contributed by atoms with Crippen LogP contribution in [0.15, 0.2) is 54.6 Å². The Morgan fingerprint density at radius 1 is 1.10 bits per heavy atom. The van der Waals surface area contributed by atoms with Crippen molar-refractivity contribution in [2.45, 2.75) is 19.5 Å². The number of carbonyl (C=O) groups is 1. The van der Waals surface area contributed by atoms with E-state index in [1.807, 2.05) is 37.3 Å². The van der Waals surface area contributed by atoms with Gasteiger partial charge in [-0.3, -0.25) is 4.79 Å². The van der Waals surface area contributed by atoms with E-state index < -0.39 is 0 Å². The molecule has 1 unspecified atom stereocenters. The van der Waals surface area contributed by atoms with Gasteiger partial charge >= 0.3 is 0 Å². The summed E-state index contributed by atoms with van der Waals surface area (Å²) < 4.78 is 12.8. The zero-order valence-electron chi connectivity index (χ0n) is 12.0. The van der Waals surface area contributed by atoms with E-state index in [-0.39, 0.29) is 24.3 Å². The lowest BCUT2D eigenvalue weighted by atomic mass is 10.1. The SMILES string of the molecule is CC(NCC(=O)NCc1ccccc1)c1ccc(F)cc1. The van der Waals surface area contributed by atoms with Crippen molar-refractivity contribution in [3.05, 3.63) is 71.5 Å². The van der Waals surface area contributed by atoms with Crippen molar-refractivity contribution in [2.75, 3.05) is 6.54 Å². The van der Waals surface area contributed by atoms with E-state index in [0.29, 0.717) is 6.54 Å². The third kappa shape index (κ3) is 5.00. The lowest BCUT2D eigenvalue weighted by Gasteiger charge is -2.14. The Hall–Kier alpha value is -2.20. The van der Waals surface area contributed by atoms with Crippen LogP contribution >= 0.6 is 0 Å². The number of hydrogen-bond acceptors (Lipinski definition) is 2. The monoisotopic (exact) mass is 286 g/mol. The van der Waals surface area contributed by atoms with Crippen LogP contribution < -0.4 is 10.6 Å². The predicted octanol–water partition coefficient (Wildman–Crippen LogP) is 2.79. The summed E-state index contributed by atoms with van der Waals surface area (Å²) in [6.07, 6.45) is 0. The minimum atomic E-state index is -0.258. The molecule has 110 valence electrons. The maximum absolute atomic E-state index is 12.8. The second-order valence-electron chi connectivity index (χ2n) is 4.92. The van der Waals surface area contributed by atoms with Crippen LogP contribution in [0.5, 0.6) is 0 Å². The molecule has 0 spiro atoms. The fraction of sp³-hybridized carbons (Fsp3) is 0.235. The third-order valence-corrected chi connectivity index (χ3v) is 3.27. The van der Waals surface area contributed by atoms with Crippen molar-refractivity contribution in [3.8, 4) is 0 Å². The van der Waals surface area contributed by atoms with Crippen LogP contribution in [0.2, 0.25) is 0 Å². The molecule has 1 amide bonds. The number of nitrogens with one attached hydrogen (secondary N) is 2. The normalized spacial score (nSPS) is 11.9. The summed E-state index contributed by atoms with van der Waals surface area (Å²) in [5.74, 6) is -0.320. The largest absolute Gasteiger partial charge is 0.351 e. The number of rotatable bonds is 6. The molecular weight excluding hydrogens is 267 g/mol. The first kappa shape index (κ1) is 15.2. The second-order valence-corrected chi connectivity index (χ2v) is 4.92. The number of carbonyl (C=O) groups excluding carboxylic acids is 1. The number of halogens is 1. The van der Waals surface area contributed by atoms with Gasteiger partial charge in [-0.2, -0.15) is 0 Å². The smallest absolute Gasteiger partial charge is 0.234 e. The van der Waals surface area contributed by atoms with Crippen molar-refractivity contribution in [1.29, 1.82) is 0 Å². The van der Waals surface area contributed by atoms with Crippen LogP contribution in [-0.2, 0) is 11.3 Å². The first-order valence-electron chi connectivity index (χ1n) is 6.94. The molecule has 0 aliphatic carbocycles. The van der Waals surface area contributed by atoms with Gasteiger partial charge in [-0.05, 0) is 30.2 Å². The highest BCUT2D eigenvalue weighted by Gasteiger charge is 2.07. The van der Waals surface area contributed by atoms with Crippen LogP contribution in [0.1, 0.15) is 24.1 Å². The third-order valence-electron chi connectivity index (χ3n) is 3.27. The highest BCUT2D eigenvalue weighted by molar-refractivity contribution is 5.78. The van der Waals surface area contributed by atoms with Gasteiger partial charge in [-0.25, -0.2) is 4.39 Å². The lowest BCUT2D eigenvalue weighted by molar-refractivity contribution is -0.120. The maximum atomic E-state index is 12.8. The molecule has 0 radical (unpaired) electrons. The molecule has 2 rings (SSSR count). The Bertz CT molecular complexity index is 569. The Balaban J connectivity index is 1.74. The molecule has 0 bridgehead atoms. The molecule has 0 fully saturated rings. The van der Waals surface area contributed by atoms with Crippen LogP contribution in [0, 0.1) is 5.82 Å². The average molecular weight is 286 g/mol. The zero-order valence-corrected chi connectivity index (χ0v) is 12.0. The molecule has 0 aromatic heterocycles. The molecule has 2 aromatic carbocycles. The number of benzene rings is 2. The van der Waals surface area contributed by atoms with Crippen LogP contribution in [0.3, 0.4) is 0 Å². The molecule has 0 aliphatic rings. The van der Waals surface area contributed by atoms with Crippen LogP contribution in [-0.4, -0.2) is 12.5 Å². The number of amides is 1. The molecule has 3 nitrogen and oxygen atoms in total. The molecule has 0 aliphatic heterocycles. The van der Waals surface area contributed by atoms with Gasteiger partial charge in [0.25, 0.3) is 0 Å². The molecule has 0 heterocycles. The minimum absolute atomic E-state index is 0.00641. The first-order valence-corrected chi connectivity index (χ1v) is 6.94. The molecule has 0 saturated carbocycles. The summed E-state index contributed by atoms with van der Waals surface area (Å²) in [5.41, 5.74) is 2.02. The van der Waals surface area contributed by atoms with Crippen molar-refractivity contribution in [1.82, 2.24) is 10.6 Å². The van der Waals surface area contributed by atoms with Gasteiger partial charge in [-0.1, -0.05) is 42.5 Å². The number of hydrogen-bond donors (Lipinski definition) is 2. The van der Waals surface area contributed by atoms with E-state index in [1.54, 1.807) is 12.1 Å². The predicted molar refractivity (Wildman–Crippen MR) is 81.1 cm³/mol. The van der Waals surface area contributed by atoms with Crippen molar-refractivity contribution in [3.63, 3.8) is 0 Å². The topological polar surface area (TPSA) is 41.1 Å². The van der Waals surface area contributed by atoms with Gasteiger partial charge in [0.2, 0.25) is 5.91 Å². The van der Waals surface area contributed by atoms with Gasteiger partial charge in [0.05, 0.1) is 6.54 Å². The Morgan fingerprint density at radius 2 is 1.76 bits per heavy atom. The Kier molecular flexibility index (Phi) is 5.46. The average Bonchev–Trinajstić information content (AvgIpc) is 2.52. The minimum Gasteiger partial charge on any atom is -0.351 e. The van der Waals surface area contributed by atoms with Gasteiger partial charge in [0.15, 0.2) is 0 Å². The fourth-order valence-corrected chi connectivity index (χ4v) is 1.97. The van der Waals surface area contributed by atoms with E-state index in [9.17, 15) is 9.18 Å². The summed E-state index contributed by atoms with van der Waals surface area (Å²) in [5, 5.41) is 5.97. The van der Waals surface area contributed by atoms with E-state index in [1.165, 1.54) is 12.1 Å². The van der Waals surface area contributed by atoms with Crippen molar-refractivity contribution < 1.29 is 9.18 Å². The molecule has 0 saturated heterocycles. The maximum Gasteiger partial charge on any atom is 0.234 e. The van der Waals surface area contributed by atoms with Crippen LogP contribution in [0.4, 0.5) is 4.39 Å². The summed E-state index contributed by atoms with van der Waals surface area (Å²) >= 11 is 0. The van der Waals surface area contributed by atoms with Gasteiger partial charge < -0.3 is 10.6 Å².